The van der Waals surface area contributed by atoms with Crippen molar-refractivity contribution in [3.05, 3.63) is 0 Å². The van der Waals surface area contributed by atoms with Crippen LogP contribution in [0.2, 0.25) is 0 Å². The second-order valence-corrected chi connectivity index (χ2v) is 6.01. The molecule has 4 nitrogen and oxygen atoms in total. The molecule has 1 saturated carbocycles. The van der Waals surface area contributed by atoms with Gasteiger partial charge in [-0.25, -0.2) is 0 Å². The molecule has 0 heterocycles. The zero-order valence-corrected chi connectivity index (χ0v) is 12.2. The highest BCUT2D eigenvalue weighted by Crippen LogP contribution is 2.34. The highest BCUT2D eigenvalue weighted by Gasteiger charge is 2.33. The highest BCUT2D eigenvalue weighted by molar-refractivity contribution is 5.82. The van der Waals surface area contributed by atoms with Crippen molar-refractivity contribution in [3.63, 3.8) is 0 Å². The standard InChI is InChI=1S/C15H27NO3/c1-3-8-12(13(17)18)11-16-14(19)15(2)9-6-4-5-7-10-15/h12H,3-11H2,1-2H3,(H,16,19)(H,17,18). The molecule has 1 aliphatic rings. The van der Waals surface area contributed by atoms with Crippen molar-refractivity contribution in [3.8, 4) is 0 Å². The van der Waals surface area contributed by atoms with Crippen LogP contribution in [0.25, 0.3) is 0 Å². The van der Waals surface area contributed by atoms with Gasteiger partial charge in [0.1, 0.15) is 0 Å². The third-order valence-electron chi connectivity index (χ3n) is 4.25. The van der Waals surface area contributed by atoms with Crippen LogP contribution in [0.3, 0.4) is 0 Å². The van der Waals surface area contributed by atoms with E-state index >= 15 is 0 Å². The summed E-state index contributed by atoms with van der Waals surface area (Å²) < 4.78 is 0. The van der Waals surface area contributed by atoms with Crippen LogP contribution in [0.4, 0.5) is 0 Å². The molecule has 1 atom stereocenters. The summed E-state index contributed by atoms with van der Waals surface area (Å²) in [6, 6.07) is 0. The number of rotatable bonds is 6. The minimum Gasteiger partial charge on any atom is -0.481 e. The van der Waals surface area contributed by atoms with Gasteiger partial charge in [-0.1, -0.05) is 46.0 Å². The van der Waals surface area contributed by atoms with E-state index in [9.17, 15) is 9.59 Å². The maximum Gasteiger partial charge on any atom is 0.308 e. The molecular weight excluding hydrogens is 242 g/mol. The number of hydrogen-bond acceptors (Lipinski definition) is 2. The Morgan fingerprint density at radius 3 is 2.26 bits per heavy atom. The lowest BCUT2D eigenvalue weighted by Crippen LogP contribution is -2.42. The molecular formula is C15H27NO3. The van der Waals surface area contributed by atoms with Gasteiger partial charge in [0, 0.05) is 12.0 Å². The van der Waals surface area contributed by atoms with Gasteiger partial charge in [0.15, 0.2) is 0 Å². The largest absolute Gasteiger partial charge is 0.481 e. The van der Waals surface area contributed by atoms with Gasteiger partial charge in [-0.15, -0.1) is 0 Å². The zero-order chi connectivity index (χ0) is 14.3. The molecule has 1 amide bonds. The summed E-state index contributed by atoms with van der Waals surface area (Å²) in [7, 11) is 0. The summed E-state index contributed by atoms with van der Waals surface area (Å²) in [6.45, 7) is 4.24. The number of nitrogens with one attached hydrogen (secondary N) is 1. The molecule has 0 radical (unpaired) electrons. The number of hydrogen-bond donors (Lipinski definition) is 2. The monoisotopic (exact) mass is 269 g/mol. The molecule has 4 heteroatoms. The maximum absolute atomic E-state index is 12.3. The van der Waals surface area contributed by atoms with E-state index in [1.165, 1.54) is 12.8 Å². The molecule has 1 unspecified atom stereocenters. The first-order chi connectivity index (χ1) is 8.99. The first kappa shape index (κ1) is 16.0. The summed E-state index contributed by atoms with van der Waals surface area (Å²) in [5.74, 6) is -1.23. The van der Waals surface area contributed by atoms with E-state index in [-0.39, 0.29) is 17.9 Å². The molecule has 0 saturated heterocycles. The maximum atomic E-state index is 12.3. The van der Waals surface area contributed by atoms with Crippen molar-refractivity contribution in [2.75, 3.05) is 6.54 Å². The molecule has 110 valence electrons. The van der Waals surface area contributed by atoms with Gasteiger partial charge < -0.3 is 10.4 Å². The molecule has 0 aromatic rings. The average Bonchev–Trinajstić information content (AvgIpc) is 2.59. The summed E-state index contributed by atoms with van der Waals surface area (Å²) in [4.78, 5) is 23.4. The molecule has 0 bridgehead atoms. The second kappa shape index (κ2) is 7.51. The van der Waals surface area contributed by atoms with Crippen LogP contribution in [-0.4, -0.2) is 23.5 Å². The van der Waals surface area contributed by atoms with Gasteiger partial charge in [0.25, 0.3) is 0 Å². The van der Waals surface area contributed by atoms with Gasteiger partial charge in [-0.05, 0) is 19.3 Å². The van der Waals surface area contributed by atoms with E-state index in [1.54, 1.807) is 0 Å². The van der Waals surface area contributed by atoms with Crippen molar-refractivity contribution in [2.24, 2.45) is 11.3 Å². The second-order valence-electron chi connectivity index (χ2n) is 6.01. The van der Waals surface area contributed by atoms with E-state index in [4.69, 9.17) is 5.11 Å². The average molecular weight is 269 g/mol. The fourth-order valence-corrected chi connectivity index (χ4v) is 2.83. The summed E-state index contributed by atoms with van der Waals surface area (Å²) in [6.07, 6.45) is 7.89. The normalized spacial score (nSPS) is 20.3. The van der Waals surface area contributed by atoms with Crippen molar-refractivity contribution >= 4 is 11.9 Å². The lowest BCUT2D eigenvalue weighted by molar-refractivity contribution is -0.142. The van der Waals surface area contributed by atoms with Crippen molar-refractivity contribution in [1.82, 2.24) is 5.32 Å². The summed E-state index contributed by atoms with van der Waals surface area (Å²) in [5, 5.41) is 12.0. The molecule has 0 aromatic heterocycles. The van der Waals surface area contributed by atoms with E-state index in [0.717, 1.165) is 32.1 Å². The lowest BCUT2D eigenvalue weighted by Gasteiger charge is -2.27. The Kier molecular flexibility index (Phi) is 6.32. The number of carboxylic acid groups (broad SMARTS) is 1. The Morgan fingerprint density at radius 2 is 1.79 bits per heavy atom. The Morgan fingerprint density at radius 1 is 1.21 bits per heavy atom. The molecule has 0 aliphatic heterocycles. The molecule has 0 spiro atoms. The zero-order valence-electron chi connectivity index (χ0n) is 12.2. The highest BCUT2D eigenvalue weighted by atomic mass is 16.4. The SMILES string of the molecule is CCCC(CNC(=O)C1(C)CCCCCC1)C(=O)O. The minimum absolute atomic E-state index is 0.0387. The lowest BCUT2D eigenvalue weighted by atomic mass is 9.81. The van der Waals surface area contributed by atoms with E-state index in [1.807, 2.05) is 13.8 Å². The van der Waals surface area contributed by atoms with Crippen molar-refractivity contribution in [1.29, 1.82) is 0 Å². The molecule has 2 N–H and O–H groups in total. The quantitative estimate of drug-likeness (QED) is 0.728. The predicted molar refractivity (Wildman–Crippen MR) is 74.9 cm³/mol. The van der Waals surface area contributed by atoms with Crippen molar-refractivity contribution in [2.45, 2.75) is 65.2 Å². The Bertz CT molecular complexity index is 307. The summed E-state index contributed by atoms with van der Waals surface area (Å²) in [5.41, 5.74) is -0.300. The number of carbonyl (C=O) groups is 2. The Balaban J connectivity index is 2.50. The van der Waals surface area contributed by atoms with Crippen LogP contribution in [0.5, 0.6) is 0 Å². The minimum atomic E-state index is -0.812. The van der Waals surface area contributed by atoms with Gasteiger partial charge in [-0.3, -0.25) is 9.59 Å². The third kappa shape index (κ3) is 4.84. The first-order valence-electron chi connectivity index (χ1n) is 7.50. The first-order valence-corrected chi connectivity index (χ1v) is 7.50. The molecule has 1 fully saturated rings. The number of carbonyl (C=O) groups excluding carboxylic acids is 1. The van der Waals surface area contributed by atoms with Crippen LogP contribution in [0.1, 0.15) is 65.2 Å². The fraction of sp³-hybridized carbons (Fsp3) is 0.867. The van der Waals surface area contributed by atoms with Gasteiger partial charge >= 0.3 is 5.97 Å². The molecule has 19 heavy (non-hydrogen) atoms. The van der Waals surface area contributed by atoms with Crippen LogP contribution in [0, 0.1) is 11.3 Å². The summed E-state index contributed by atoms with van der Waals surface area (Å²) >= 11 is 0. The van der Waals surface area contributed by atoms with Crippen LogP contribution >= 0.6 is 0 Å². The molecule has 0 aromatic carbocycles. The molecule has 1 aliphatic carbocycles. The van der Waals surface area contributed by atoms with Gasteiger partial charge in [0.05, 0.1) is 5.92 Å². The number of carboxylic acids is 1. The van der Waals surface area contributed by atoms with E-state index in [0.29, 0.717) is 6.42 Å². The Labute approximate surface area is 116 Å². The van der Waals surface area contributed by atoms with Crippen LogP contribution in [0.15, 0.2) is 0 Å². The molecule has 1 rings (SSSR count). The topological polar surface area (TPSA) is 66.4 Å². The van der Waals surface area contributed by atoms with Crippen LogP contribution in [-0.2, 0) is 9.59 Å². The van der Waals surface area contributed by atoms with Gasteiger partial charge in [-0.2, -0.15) is 0 Å². The fourth-order valence-electron chi connectivity index (χ4n) is 2.83. The van der Waals surface area contributed by atoms with E-state index < -0.39 is 11.9 Å². The van der Waals surface area contributed by atoms with Crippen LogP contribution < -0.4 is 5.32 Å². The smallest absolute Gasteiger partial charge is 0.308 e. The number of aliphatic carboxylic acids is 1. The number of amides is 1. The Hall–Kier alpha value is -1.06. The van der Waals surface area contributed by atoms with E-state index in [2.05, 4.69) is 5.32 Å². The van der Waals surface area contributed by atoms with Crippen molar-refractivity contribution < 1.29 is 14.7 Å². The van der Waals surface area contributed by atoms with Gasteiger partial charge in [0.2, 0.25) is 5.91 Å². The predicted octanol–water partition coefficient (Wildman–Crippen LogP) is 2.96. The third-order valence-corrected chi connectivity index (χ3v) is 4.25.